The van der Waals surface area contributed by atoms with E-state index in [1.807, 2.05) is 6.07 Å². The monoisotopic (exact) mass is 252 g/mol. The zero-order valence-electron chi connectivity index (χ0n) is 10.9. The average Bonchev–Trinajstić information content (AvgIpc) is 2.77. The van der Waals surface area contributed by atoms with Crippen LogP contribution < -0.4 is 10.6 Å². The lowest BCUT2D eigenvalue weighted by molar-refractivity contribution is 0.173. The zero-order valence-corrected chi connectivity index (χ0v) is 10.9. The predicted octanol–water partition coefficient (Wildman–Crippen LogP) is 1.94. The fraction of sp³-hybridized carbons (Fsp3) is 0.571. The number of hydrogen-bond acceptors (Lipinski definition) is 3. The summed E-state index contributed by atoms with van der Waals surface area (Å²) >= 11 is 0. The average molecular weight is 252 g/mol. The number of nitrogens with zero attached hydrogens (tertiary/aromatic N) is 1. The molecular weight excluding hydrogens is 231 g/mol. The third-order valence-corrected chi connectivity index (χ3v) is 3.52. The van der Waals surface area contributed by atoms with Gasteiger partial charge in [0.25, 0.3) is 0 Å². The summed E-state index contributed by atoms with van der Waals surface area (Å²) in [5.41, 5.74) is 7.82. The van der Waals surface area contributed by atoms with Gasteiger partial charge in [0.1, 0.15) is 5.82 Å². The summed E-state index contributed by atoms with van der Waals surface area (Å²) in [6.45, 7) is 2.29. The minimum absolute atomic E-state index is 0.171. The fourth-order valence-corrected chi connectivity index (χ4v) is 2.63. The van der Waals surface area contributed by atoms with Crippen molar-refractivity contribution in [1.29, 1.82) is 0 Å². The Kier molecular flexibility index (Phi) is 4.55. The molecule has 0 saturated heterocycles. The van der Waals surface area contributed by atoms with Crippen LogP contribution in [-0.2, 0) is 11.2 Å². The van der Waals surface area contributed by atoms with Gasteiger partial charge in [-0.1, -0.05) is 6.07 Å². The second kappa shape index (κ2) is 6.16. The largest absolute Gasteiger partial charge is 0.383 e. The van der Waals surface area contributed by atoms with Crippen molar-refractivity contribution in [2.75, 3.05) is 31.7 Å². The number of hydrogen-bond donors (Lipinski definition) is 1. The summed E-state index contributed by atoms with van der Waals surface area (Å²) in [5.74, 6) is -0.171. The Balaban J connectivity index is 2.15. The smallest absolute Gasteiger partial charge is 0.125 e. The molecule has 0 fully saturated rings. The van der Waals surface area contributed by atoms with Gasteiger partial charge < -0.3 is 15.4 Å². The van der Waals surface area contributed by atoms with Crippen molar-refractivity contribution in [2.45, 2.75) is 25.3 Å². The van der Waals surface area contributed by atoms with E-state index in [2.05, 4.69) is 4.90 Å². The van der Waals surface area contributed by atoms with Gasteiger partial charge in [0.05, 0.1) is 12.6 Å². The summed E-state index contributed by atoms with van der Waals surface area (Å²) in [6, 6.07) is 5.35. The lowest BCUT2D eigenvalue weighted by atomic mass is 10.1. The van der Waals surface area contributed by atoms with E-state index in [1.54, 1.807) is 13.2 Å². The number of benzene rings is 1. The first-order valence-electron chi connectivity index (χ1n) is 6.50. The maximum atomic E-state index is 13.4. The molecule has 1 aromatic carbocycles. The third-order valence-electron chi connectivity index (χ3n) is 3.52. The minimum atomic E-state index is -0.171. The molecule has 0 amide bonds. The van der Waals surface area contributed by atoms with Crippen molar-refractivity contribution in [1.82, 2.24) is 0 Å². The van der Waals surface area contributed by atoms with E-state index in [0.717, 1.165) is 31.5 Å². The SMILES string of the molecule is COCC(CCCN)N1CCc2ccc(F)cc21. The summed E-state index contributed by atoms with van der Waals surface area (Å²) in [6.07, 6.45) is 2.94. The molecule has 1 atom stereocenters. The molecule has 100 valence electrons. The molecule has 1 heterocycles. The predicted molar refractivity (Wildman–Crippen MR) is 71.4 cm³/mol. The molecule has 0 aromatic heterocycles. The van der Waals surface area contributed by atoms with Crippen LogP contribution in [0.15, 0.2) is 18.2 Å². The lowest BCUT2D eigenvalue weighted by Crippen LogP contribution is -2.37. The first-order chi connectivity index (χ1) is 8.76. The van der Waals surface area contributed by atoms with Gasteiger partial charge in [-0.05, 0) is 43.5 Å². The molecule has 18 heavy (non-hydrogen) atoms. The number of nitrogens with two attached hydrogens (primary N) is 1. The van der Waals surface area contributed by atoms with Crippen molar-refractivity contribution in [3.8, 4) is 0 Å². The van der Waals surface area contributed by atoms with E-state index in [9.17, 15) is 4.39 Å². The Morgan fingerprint density at radius 3 is 3.06 bits per heavy atom. The molecule has 2 N–H and O–H groups in total. The van der Waals surface area contributed by atoms with E-state index in [4.69, 9.17) is 10.5 Å². The van der Waals surface area contributed by atoms with Gasteiger partial charge in [0.15, 0.2) is 0 Å². The van der Waals surface area contributed by atoms with Crippen LogP contribution in [-0.4, -0.2) is 32.8 Å². The standard InChI is InChI=1S/C14H21FN2O/c1-18-10-13(3-2-7-16)17-8-6-11-4-5-12(15)9-14(11)17/h4-5,9,13H,2-3,6-8,10,16H2,1H3. The molecule has 1 aliphatic rings. The second-order valence-electron chi connectivity index (χ2n) is 4.76. The van der Waals surface area contributed by atoms with E-state index in [-0.39, 0.29) is 5.82 Å². The Bertz CT molecular complexity index is 397. The van der Waals surface area contributed by atoms with Crippen LogP contribution in [0.2, 0.25) is 0 Å². The summed E-state index contributed by atoms with van der Waals surface area (Å²) < 4.78 is 18.6. The molecule has 4 heteroatoms. The Morgan fingerprint density at radius 2 is 2.33 bits per heavy atom. The zero-order chi connectivity index (χ0) is 13.0. The Morgan fingerprint density at radius 1 is 1.50 bits per heavy atom. The van der Waals surface area contributed by atoms with Crippen molar-refractivity contribution >= 4 is 5.69 Å². The number of ether oxygens (including phenoxy) is 1. The highest BCUT2D eigenvalue weighted by Gasteiger charge is 2.26. The van der Waals surface area contributed by atoms with E-state index >= 15 is 0 Å². The minimum Gasteiger partial charge on any atom is -0.383 e. The number of methoxy groups -OCH3 is 1. The number of fused-ring (bicyclic) bond motifs is 1. The van der Waals surface area contributed by atoms with Gasteiger partial charge in [-0.3, -0.25) is 0 Å². The van der Waals surface area contributed by atoms with Crippen LogP contribution in [0.1, 0.15) is 18.4 Å². The molecule has 1 aliphatic heterocycles. The highest BCUT2D eigenvalue weighted by molar-refractivity contribution is 5.58. The second-order valence-corrected chi connectivity index (χ2v) is 4.76. The topological polar surface area (TPSA) is 38.5 Å². The van der Waals surface area contributed by atoms with Crippen LogP contribution in [0, 0.1) is 5.82 Å². The Labute approximate surface area is 108 Å². The molecular formula is C14H21FN2O. The summed E-state index contributed by atoms with van der Waals surface area (Å²) in [5, 5.41) is 0. The number of rotatable bonds is 6. The van der Waals surface area contributed by atoms with Crippen molar-refractivity contribution in [3.63, 3.8) is 0 Å². The van der Waals surface area contributed by atoms with E-state index in [1.165, 1.54) is 11.6 Å². The molecule has 0 aliphatic carbocycles. The molecule has 2 rings (SSSR count). The summed E-state index contributed by atoms with van der Waals surface area (Å²) in [7, 11) is 1.71. The van der Waals surface area contributed by atoms with E-state index in [0.29, 0.717) is 19.2 Å². The Hall–Kier alpha value is -1.13. The van der Waals surface area contributed by atoms with E-state index < -0.39 is 0 Å². The van der Waals surface area contributed by atoms with Gasteiger partial charge in [-0.25, -0.2) is 4.39 Å². The van der Waals surface area contributed by atoms with Crippen LogP contribution in [0.3, 0.4) is 0 Å². The summed E-state index contributed by atoms with van der Waals surface area (Å²) in [4.78, 5) is 2.26. The lowest BCUT2D eigenvalue weighted by Gasteiger charge is -2.30. The van der Waals surface area contributed by atoms with Crippen LogP contribution in [0.4, 0.5) is 10.1 Å². The van der Waals surface area contributed by atoms with Crippen molar-refractivity contribution < 1.29 is 9.13 Å². The highest BCUT2D eigenvalue weighted by atomic mass is 19.1. The number of halogens is 1. The first-order valence-corrected chi connectivity index (χ1v) is 6.50. The quantitative estimate of drug-likeness (QED) is 0.841. The number of anilines is 1. The fourth-order valence-electron chi connectivity index (χ4n) is 2.63. The molecule has 3 nitrogen and oxygen atoms in total. The third kappa shape index (κ3) is 2.82. The first kappa shape index (κ1) is 13.3. The molecule has 1 unspecified atom stereocenters. The van der Waals surface area contributed by atoms with Gasteiger partial charge in [0.2, 0.25) is 0 Å². The molecule has 0 radical (unpaired) electrons. The maximum absolute atomic E-state index is 13.4. The van der Waals surface area contributed by atoms with Gasteiger partial charge in [0, 0.05) is 19.3 Å². The highest BCUT2D eigenvalue weighted by Crippen LogP contribution is 2.31. The normalized spacial score (nSPS) is 15.8. The molecule has 0 bridgehead atoms. The molecule has 1 aromatic rings. The van der Waals surface area contributed by atoms with Gasteiger partial charge in [-0.2, -0.15) is 0 Å². The maximum Gasteiger partial charge on any atom is 0.125 e. The van der Waals surface area contributed by atoms with Crippen molar-refractivity contribution in [2.24, 2.45) is 5.73 Å². The van der Waals surface area contributed by atoms with Crippen molar-refractivity contribution in [3.05, 3.63) is 29.6 Å². The molecule has 0 saturated carbocycles. The van der Waals surface area contributed by atoms with Gasteiger partial charge in [-0.15, -0.1) is 0 Å². The van der Waals surface area contributed by atoms with Crippen LogP contribution >= 0.6 is 0 Å². The van der Waals surface area contributed by atoms with Crippen LogP contribution in [0.25, 0.3) is 0 Å². The van der Waals surface area contributed by atoms with Gasteiger partial charge >= 0.3 is 0 Å². The van der Waals surface area contributed by atoms with Crippen LogP contribution in [0.5, 0.6) is 0 Å². The molecule has 0 spiro atoms.